The lowest BCUT2D eigenvalue weighted by Gasteiger charge is -2.34. The molecule has 2 bridgehead atoms. The van der Waals surface area contributed by atoms with Gasteiger partial charge in [-0.2, -0.15) is 23.4 Å². The summed E-state index contributed by atoms with van der Waals surface area (Å²) in [6.45, 7) is 6.60. The normalized spacial score (nSPS) is 30.8. The summed E-state index contributed by atoms with van der Waals surface area (Å²) < 4.78 is 55.7. The van der Waals surface area contributed by atoms with E-state index in [9.17, 15) is 22.4 Å². The number of anilines is 1. The maximum atomic E-state index is 13.9. The Morgan fingerprint density at radius 3 is 2.53 bits per heavy atom. The van der Waals surface area contributed by atoms with E-state index in [1.54, 1.807) is 0 Å². The molecule has 6 nitrogen and oxygen atoms in total. The minimum absolute atomic E-state index is 0.0775. The van der Waals surface area contributed by atoms with Crippen LogP contribution in [0.4, 0.5) is 23.4 Å². The SMILES string of the molecule is CC1(C)[C@H]2CC[C@]1(C)/C(=N/NC(=O)c1cc3n(n1)[C@@H](C(F)(F)F)C[C@@H](c1ccc(F)cc1)N3)C2. The van der Waals surface area contributed by atoms with Crippen LogP contribution >= 0.6 is 0 Å². The predicted octanol–water partition coefficient (Wildman–Crippen LogP) is 5.61. The maximum absolute atomic E-state index is 13.9. The Balaban J connectivity index is 1.39. The number of alkyl halides is 3. The first-order chi connectivity index (χ1) is 15.9. The van der Waals surface area contributed by atoms with Gasteiger partial charge < -0.3 is 5.32 Å². The molecular formula is C24H27F4N5O. The van der Waals surface area contributed by atoms with Crippen LogP contribution in [-0.4, -0.2) is 27.6 Å². The molecule has 5 rings (SSSR count). The van der Waals surface area contributed by atoms with Crippen LogP contribution in [-0.2, 0) is 0 Å². The first-order valence-corrected chi connectivity index (χ1v) is 11.5. The maximum Gasteiger partial charge on any atom is 0.410 e. The molecule has 2 aromatic rings. The largest absolute Gasteiger partial charge is 0.410 e. The topological polar surface area (TPSA) is 71.3 Å². The van der Waals surface area contributed by atoms with Crippen molar-refractivity contribution in [2.45, 2.75) is 64.7 Å². The fourth-order valence-corrected chi connectivity index (χ4v) is 5.87. The number of halogens is 4. The number of carbonyl (C=O) groups is 1. The average molecular weight is 478 g/mol. The minimum Gasteiger partial charge on any atom is -0.363 e. The Kier molecular flexibility index (Phi) is 5.07. The Bertz CT molecular complexity index is 1150. The monoisotopic (exact) mass is 477 g/mol. The van der Waals surface area contributed by atoms with Gasteiger partial charge in [0.25, 0.3) is 5.91 Å². The van der Waals surface area contributed by atoms with Crippen molar-refractivity contribution in [2.75, 3.05) is 5.32 Å². The molecule has 1 amide bonds. The highest BCUT2D eigenvalue weighted by Crippen LogP contribution is 2.63. The zero-order valence-electron chi connectivity index (χ0n) is 19.2. The van der Waals surface area contributed by atoms with Gasteiger partial charge in [0.1, 0.15) is 11.6 Å². The van der Waals surface area contributed by atoms with Gasteiger partial charge in [0, 0.05) is 23.6 Å². The number of rotatable bonds is 3. The summed E-state index contributed by atoms with van der Waals surface area (Å²) in [6, 6.07) is 4.00. The second kappa shape index (κ2) is 7.55. The van der Waals surface area contributed by atoms with Crippen LogP contribution in [0.2, 0.25) is 0 Å². The van der Waals surface area contributed by atoms with E-state index >= 15 is 0 Å². The van der Waals surface area contributed by atoms with Gasteiger partial charge in [-0.3, -0.25) is 4.79 Å². The summed E-state index contributed by atoms with van der Waals surface area (Å²) in [5.41, 5.74) is 3.80. The minimum atomic E-state index is -4.57. The third-order valence-corrected chi connectivity index (χ3v) is 8.50. The second-order valence-corrected chi connectivity index (χ2v) is 10.4. The fraction of sp³-hybridized carbons (Fsp3) is 0.542. The summed E-state index contributed by atoms with van der Waals surface area (Å²) in [7, 11) is 0. The summed E-state index contributed by atoms with van der Waals surface area (Å²) in [5, 5.41) is 11.4. The van der Waals surface area contributed by atoms with E-state index in [-0.39, 0.29) is 28.8 Å². The van der Waals surface area contributed by atoms with Crippen LogP contribution in [0.25, 0.3) is 0 Å². The fourth-order valence-electron chi connectivity index (χ4n) is 5.87. The van der Waals surface area contributed by atoms with Gasteiger partial charge in [-0.15, -0.1) is 0 Å². The molecular weight excluding hydrogens is 450 g/mol. The van der Waals surface area contributed by atoms with Crippen LogP contribution < -0.4 is 10.7 Å². The van der Waals surface area contributed by atoms with Crippen molar-refractivity contribution in [3.8, 4) is 0 Å². The Hall–Kier alpha value is -2.91. The number of fused-ring (bicyclic) bond motifs is 3. The third-order valence-electron chi connectivity index (χ3n) is 8.50. The first-order valence-electron chi connectivity index (χ1n) is 11.5. The zero-order chi connectivity index (χ0) is 24.5. The highest BCUT2D eigenvalue weighted by molar-refractivity contribution is 5.97. The Labute approximate surface area is 194 Å². The molecule has 0 radical (unpaired) electrons. The van der Waals surface area contributed by atoms with Gasteiger partial charge in [0.05, 0.1) is 6.04 Å². The summed E-state index contributed by atoms with van der Waals surface area (Å²) in [5.74, 6) is -0.535. The lowest BCUT2D eigenvalue weighted by atomic mass is 9.70. The van der Waals surface area contributed by atoms with Crippen molar-refractivity contribution in [3.05, 3.63) is 47.4 Å². The number of aromatic nitrogens is 2. The molecule has 2 N–H and O–H groups in total. The number of benzene rings is 1. The molecule has 0 saturated heterocycles. The van der Waals surface area contributed by atoms with E-state index in [2.05, 4.69) is 41.7 Å². The third kappa shape index (κ3) is 3.49. The number of nitrogens with one attached hydrogen (secondary N) is 2. The van der Waals surface area contributed by atoms with E-state index < -0.39 is 30.0 Å². The molecule has 2 aliphatic carbocycles. The van der Waals surface area contributed by atoms with Gasteiger partial charge in [0.2, 0.25) is 0 Å². The highest BCUT2D eigenvalue weighted by atomic mass is 19.4. The van der Waals surface area contributed by atoms with Gasteiger partial charge in [-0.25, -0.2) is 14.5 Å². The molecule has 0 spiro atoms. The molecule has 3 aliphatic rings. The van der Waals surface area contributed by atoms with Gasteiger partial charge in [0.15, 0.2) is 11.7 Å². The summed E-state index contributed by atoms with van der Waals surface area (Å²) >= 11 is 0. The number of amides is 1. The van der Waals surface area contributed by atoms with Crippen molar-refractivity contribution in [1.29, 1.82) is 0 Å². The van der Waals surface area contributed by atoms with Crippen molar-refractivity contribution in [3.63, 3.8) is 0 Å². The second-order valence-electron chi connectivity index (χ2n) is 10.4. The van der Waals surface area contributed by atoms with E-state index in [0.717, 1.165) is 29.7 Å². The molecule has 34 heavy (non-hydrogen) atoms. The first kappa shape index (κ1) is 22.9. The average Bonchev–Trinajstić information content (AvgIpc) is 3.35. The van der Waals surface area contributed by atoms with Crippen LogP contribution in [0.15, 0.2) is 35.4 Å². The standard InChI is InChI=1S/C24H27F4N5O/c1-22(2)14-8-9-23(22,3)18(10-14)30-31-21(34)17-12-20-29-16(13-4-6-15(25)7-5-13)11-19(24(26,27)28)33(20)32-17/h4-7,12,14,16,19,29H,8-11H2,1-3H3,(H,31,34)/b30-18+/t14-,16-,19+,23+/m0/s1. The van der Waals surface area contributed by atoms with Crippen molar-refractivity contribution >= 4 is 17.4 Å². The van der Waals surface area contributed by atoms with Crippen LogP contribution in [0, 0.1) is 22.6 Å². The quantitative estimate of drug-likeness (QED) is 0.446. The molecule has 2 saturated carbocycles. The molecule has 2 heterocycles. The zero-order valence-corrected chi connectivity index (χ0v) is 19.2. The summed E-state index contributed by atoms with van der Waals surface area (Å²) in [6.07, 6.45) is -1.97. The molecule has 1 aromatic carbocycles. The lowest BCUT2D eigenvalue weighted by Crippen LogP contribution is -2.36. The van der Waals surface area contributed by atoms with Gasteiger partial charge in [-0.05, 0) is 48.3 Å². The van der Waals surface area contributed by atoms with E-state index in [4.69, 9.17) is 0 Å². The van der Waals surface area contributed by atoms with Crippen molar-refractivity contribution in [2.24, 2.45) is 21.8 Å². The number of hydrogen-bond donors (Lipinski definition) is 2. The summed E-state index contributed by atoms with van der Waals surface area (Å²) in [4.78, 5) is 12.8. The van der Waals surface area contributed by atoms with E-state index in [1.807, 2.05) is 0 Å². The van der Waals surface area contributed by atoms with Crippen LogP contribution in [0.3, 0.4) is 0 Å². The molecule has 2 fully saturated rings. The van der Waals surface area contributed by atoms with Crippen LogP contribution in [0.1, 0.15) is 74.6 Å². The number of carbonyl (C=O) groups excluding carboxylic acids is 1. The van der Waals surface area contributed by atoms with Gasteiger partial charge in [-0.1, -0.05) is 32.9 Å². The predicted molar refractivity (Wildman–Crippen MR) is 119 cm³/mol. The highest BCUT2D eigenvalue weighted by Gasteiger charge is 2.60. The molecule has 10 heteroatoms. The van der Waals surface area contributed by atoms with E-state index in [1.165, 1.54) is 30.3 Å². The molecule has 1 aliphatic heterocycles. The Morgan fingerprint density at radius 1 is 1.24 bits per heavy atom. The van der Waals surface area contributed by atoms with Crippen molar-refractivity contribution in [1.82, 2.24) is 15.2 Å². The van der Waals surface area contributed by atoms with Gasteiger partial charge >= 0.3 is 6.18 Å². The number of hydrogen-bond acceptors (Lipinski definition) is 4. The van der Waals surface area contributed by atoms with Crippen molar-refractivity contribution < 1.29 is 22.4 Å². The molecule has 182 valence electrons. The smallest absolute Gasteiger partial charge is 0.363 e. The molecule has 0 unspecified atom stereocenters. The molecule has 4 atom stereocenters. The number of hydrazone groups is 1. The Morgan fingerprint density at radius 2 is 1.94 bits per heavy atom. The molecule has 1 aromatic heterocycles. The van der Waals surface area contributed by atoms with E-state index in [0.29, 0.717) is 11.5 Å². The van der Waals surface area contributed by atoms with Crippen LogP contribution in [0.5, 0.6) is 0 Å². The lowest BCUT2D eigenvalue weighted by molar-refractivity contribution is -0.173. The number of nitrogens with zero attached hydrogens (tertiary/aromatic N) is 3.